The molecule has 1 unspecified atom stereocenters. The number of alkyl halides is 3. The van der Waals surface area contributed by atoms with Crippen molar-refractivity contribution in [2.24, 2.45) is 0 Å². The largest absolute Gasteiger partial charge is 0.480 e. The van der Waals surface area contributed by atoms with Gasteiger partial charge in [0.1, 0.15) is 17.6 Å². The van der Waals surface area contributed by atoms with Crippen LogP contribution in [0.3, 0.4) is 0 Å². The van der Waals surface area contributed by atoms with Gasteiger partial charge in [-0.3, -0.25) is 0 Å². The van der Waals surface area contributed by atoms with E-state index in [0.717, 1.165) is 25.1 Å². The summed E-state index contributed by atoms with van der Waals surface area (Å²) < 4.78 is 53.7. The van der Waals surface area contributed by atoms with Crippen molar-refractivity contribution in [1.82, 2.24) is 0 Å². The molecule has 0 bridgehead atoms. The third kappa shape index (κ3) is 2.86. The molecule has 16 heavy (non-hydrogen) atoms. The molecule has 86 valence electrons. The van der Waals surface area contributed by atoms with E-state index in [0.29, 0.717) is 0 Å². The molecule has 0 aliphatic heterocycles. The van der Waals surface area contributed by atoms with Crippen LogP contribution in [0.4, 0.5) is 17.6 Å². The van der Waals surface area contributed by atoms with Gasteiger partial charge in [0.15, 0.2) is 6.10 Å². The molecular weight excluding hydrogens is 226 g/mol. The highest BCUT2D eigenvalue weighted by atomic mass is 19.4. The topological polar surface area (TPSA) is 33.0 Å². The summed E-state index contributed by atoms with van der Waals surface area (Å²) in [5.74, 6) is -0.989. The summed E-state index contributed by atoms with van der Waals surface area (Å²) in [6, 6.07) is 4.30. The summed E-state index contributed by atoms with van der Waals surface area (Å²) in [4.78, 5) is 0. The predicted octanol–water partition coefficient (Wildman–Crippen LogP) is 3.03. The molecule has 0 saturated heterocycles. The Hall–Kier alpha value is -1.77. The summed E-state index contributed by atoms with van der Waals surface area (Å²) in [5.41, 5.74) is -0.267. The number of benzene rings is 1. The minimum atomic E-state index is -4.53. The maximum Gasteiger partial charge on any atom is 0.425 e. The number of nitrogens with zero attached hydrogens (tertiary/aromatic N) is 1. The lowest BCUT2D eigenvalue weighted by Crippen LogP contribution is -2.31. The van der Waals surface area contributed by atoms with Crippen LogP contribution in [-0.2, 0) is 0 Å². The Balaban J connectivity index is 2.95. The van der Waals surface area contributed by atoms with Crippen LogP contribution in [0, 0.1) is 17.1 Å². The van der Waals surface area contributed by atoms with E-state index in [1.54, 1.807) is 6.07 Å². The van der Waals surface area contributed by atoms with Gasteiger partial charge < -0.3 is 4.74 Å². The molecule has 0 spiro atoms. The summed E-state index contributed by atoms with van der Waals surface area (Å²) >= 11 is 0. The monoisotopic (exact) mass is 233 g/mol. The highest BCUT2D eigenvalue weighted by molar-refractivity contribution is 5.43. The molecule has 0 saturated carbocycles. The van der Waals surface area contributed by atoms with E-state index in [9.17, 15) is 17.6 Å². The number of hydrogen-bond acceptors (Lipinski definition) is 2. The van der Waals surface area contributed by atoms with Gasteiger partial charge in [-0.15, -0.1) is 0 Å². The van der Waals surface area contributed by atoms with Gasteiger partial charge in [-0.25, -0.2) is 4.39 Å². The second-order valence-electron chi connectivity index (χ2n) is 3.05. The maximum atomic E-state index is 12.7. The van der Waals surface area contributed by atoms with E-state index in [2.05, 4.69) is 4.74 Å². The Kier molecular flexibility index (Phi) is 3.38. The van der Waals surface area contributed by atoms with Crippen LogP contribution < -0.4 is 4.74 Å². The SMILES string of the molecule is CC(Oc1ccc(F)cc1C#N)C(F)(F)F. The Morgan fingerprint density at radius 1 is 1.38 bits per heavy atom. The first-order valence-electron chi connectivity index (χ1n) is 4.27. The third-order valence-corrected chi connectivity index (χ3v) is 1.83. The van der Waals surface area contributed by atoms with Crippen molar-refractivity contribution >= 4 is 0 Å². The van der Waals surface area contributed by atoms with Crippen LogP contribution in [0.5, 0.6) is 5.75 Å². The zero-order valence-electron chi connectivity index (χ0n) is 8.18. The quantitative estimate of drug-likeness (QED) is 0.735. The molecule has 0 N–H and O–H groups in total. The highest BCUT2D eigenvalue weighted by Gasteiger charge is 2.38. The molecule has 0 amide bonds. The second kappa shape index (κ2) is 4.39. The molecule has 0 aromatic heterocycles. The van der Waals surface area contributed by atoms with Gasteiger partial charge in [0.25, 0.3) is 0 Å². The van der Waals surface area contributed by atoms with Crippen molar-refractivity contribution in [2.45, 2.75) is 19.2 Å². The van der Waals surface area contributed by atoms with E-state index in [-0.39, 0.29) is 11.3 Å². The molecule has 1 rings (SSSR count). The first-order chi connectivity index (χ1) is 7.34. The van der Waals surface area contributed by atoms with E-state index in [1.165, 1.54) is 0 Å². The number of ether oxygens (including phenoxy) is 1. The van der Waals surface area contributed by atoms with Gasteiger partial charge in [-0.1, -0.05) is 0 Å². The van der Waals surface area contributed by atoms with E-state index < -0.39 is 18.1 Å². The molecule has 6 heteroatoms. The van der Waals surface area contributed by atoms with Crippen LogP contribution in [0.2, 0.25) is 0 Å². The van der Waals surface area contributed by atoms with Crippen molar-refractivity contribution in [3.8, 4) is 11.8 Å². The van der Waals surface area contributed by atoms with Gasteiger partial charge in [0, 0.05) is 0 Å². The Labute approximate surface area is 89.1 Å². The van der Waals surface area contributed by atoms with Gasteiger partial charge in [-0.05, 0) is 25.1 Å². The van der Waals surface area contributed by atoms with Gasteiger partial charge in [0.05, 0.1) is 5.56 Å². The standard InChI is InChI=1S/C10H7F4NO/c1-6(10(12,13)14)16-9-3-2-8(11)4-7(9)5-15/h2-4,6H,1H3. The van der Waals surface area contributed by atoms with Crippen LogP contribution >= 0.6 is 0 Å². The minimum Gasteiger partial charge on any atom is -0.480 e. The molecule has 1 aromatic carbocycles. The fraction of sp³-hybridized carbons (Fsp3) is 0.300. The molecule has 0 aliphatic rings. The van der Waals surface area contributed by atoms with Crippen molar-refractivity contribution in [1.29, 1.82) is 5.26 Å². The van der Waals surface area contributed by atoms with Crippen LogP contribution in [0.15, 0.2) is 18.2 Å². The second-order valence-corrected chi connectivity index (χ2v) is 3.05. The lowest BCUT2D eigenvalue weighted by atomic mass is 10.2. The predicted molar refractivity (Wildman–Crippen MR) is 47.3 cm³/mol. The van der Waals surface area contributed by atoms with Gasteiger partial charge in [-0.2, -0.15) is 18.4 Å². The minimum absolute atomic E-state index is 0.267. The molecule has 1 aromatic rings. The molecule has 2 nitrogen and oxygen atoms in total. The molecular formula is C10H7F4NO. The first-order valence-corrected chi connectivity index (χ1v) is 4.27. The molecule has 1 atom stereocenters. The number of halogens is 4. The summed E-state index contributed by atoms with van der Waals surface area (Å²) in [6.45, 7) is 0.810. The normalized spacial score (nSPS) is 13.0. The van der Waals surface area contributed by atoms with Crippen molar-refractivity contribution in [3.05, 3.63) is 29.6 Å². The van der Waals surface area contributed by atoms with Crippen LogP contribution in [-0.4, -0.2) is 12.3 Å². The molecule has 0 aliphatic carbocycles. The van der Waals surface area contributed by atoms with Gasteiger partial charge in [0.2, 0.25) is 0 Å². The van der Waals surface area contributed by atoms with E-state index >= 15 is 0 Å². The van der Waals surface area contributed by atoms with E-state index in [1.807, 2.05) is 0 Å². The number of nitriles is 1. The van der Waals surface area contributed by atoms with Crippen LogP contribution in [0.25, 0.3) is 0 Å². The summed E-state index contributed by atoms with van der Waals surface area (Å²) in [7, 11) is 0. The van der Waals surface area contributed by atoms with Crippen molar-refractivity contribution < 1.29 is 22.3 Å². The third-order valence-electron chi connectivity index (χ3n) is 1.83. The van der Waals surface area contributed by atoms with Crippen molar-refractivity contribution in [2.75, 3.05) is 0 Å². The lowest BCUT2D eigenvalue weighted by Gasteiger charge is -2.18. The average molecular weight is 233 g/mol. The van der Waals surface area contributed by atoms with Crippen molar-refractivity contribution in [3.63, 3.8) is 0 Å². The fourth-order valence-electron chi connectivity index (χ4n) is 0.950. The number of hydrogen-bond donors (Lipinski definition) is 0. The Bertz CT molecular complexity index is 422. The Morgan fingerprint density at radius 2 is 2.00 bits per heavy atom. The molecule has 0 fully saturated rings. The number of rotatable bonds is 2. The first kappa shape index (κ1) is 12.3. The fourth-order valence-corrected chi connectivity index (χ4v) is 0.950. The zero-order valence-corrected chi connectivity index (χ0v) is 8.18. The zero-order chi connectivity index (χ0) is 12.3. The lowest BCUT2D eigenvalue weighted by molar-refractivity contribution is -0.189. The van der Waals surface area contributed by atoms with E-state index in [4.69, 9.17) is 5.26 Å². The summed E-state index contributed by atoms with van der Waals surface area (Å²) in [6.07, 6.45) is -6.58. The van der Waals surface area contributed by atoms with Gasteiger partial charge >= 0.3 is 6.18 Å². The average Bonchev–Trinajstić information content (AvgIpc) is 2.19. The highest BCUT2D eigenvalue weighted by Crippen LogP contribution is 2.27. The summed E-state index contributed by atoms with van der Waals surface area (Å²) in [5, 5.41) is 8.58. The van der Waals surface area contributed by atoms with Crippen LogP contribution in [0.1, 0.15) is 12.5 Å². The Morgan fingerprint density at radius 3 is 2.50 bits per heavy atom. The smallest absolute Gasteiger partial charge is 0.425 e. The maximum absolute atomic E-state index is 12.7. The molecule has 0 heterocycles. The molecule has 0 radical (unpaired) electrons.